The number of hydrogen-bond donors (Lipinski definition) is 0. The predicted molar refractivity (Wildman–Crippen MR) is 105 cm³/mol. The van der Waals surface area contributed by atoms with E-state index in [1.54, 1.807) is 0 Å². The van der Waals surface area contributed by atoms with Gasteiger partial charge in [0.25, 0.3) is 0 Å². The number of rotatable bonds is 2. The topological polar surface area (TPSA) is 0 Å². The first-order valence-corrected chi connectivity index (χ1v) is 8.14. The van der Waals surface area contributed by atoms with Gasteiger partial charge in [-0.2, -0.15) is 0 Å². The Kier molecular flexibility index (Phi) is 5.58. The van der Waals surface area contributed by atoms with Gasteiger partial charge in [-0.25, -0.2) is 0 Å². The Hall–Kier alpha value is -3.12. The molecule has 0 saturated carbocycles. The summed E-state index contributed by atoms with van der Waals surface area (Å²) in [5, 5.41) is 0. The van der Waals surface area contributed by atoms with Gasteiger partial charge in [0.1, 0.15) is 0 Å². The predicted octanol–water partition coefficient (Wildman–Crippen LogP) is 6.18. The third-order valence-corrected chi connectivity index (χ3v) is 3.76. The zero-order chi connectivity index (χ0) is 16.5. The molecular weight excluding hydrogens is 288 g/mol. The standard InChI is InChI=1S/C24H20/c1-3-7-13-21(14-8-4-1)23-17-11-19-24(20-12-18-23)22-15-9-5-2-6-10-16-22/h1-20H/b3-1-,4-1?,5-2?,6-2?,7-3?,8-4-,9-5?,10-6?,13-7?,14-8?,15-9-,16-10?,17-11-,18-12?,19-11?,20-12?,21-13?,21-14-,22-15?,22-16+,23-17?,23-18+,24-19-,24-20?. The van der Waals surface area contributed by atoms with Gasteiger partial charge in [0.2, 0.25) is 0 Å². The van der Waals surface area contributed by atoms with Gasteiger partial charge < -0.3 is 0 Å². The Morgan fingerprint density at radius 3 is 1.00 bits per heavy atom. The molecule has 0 fully saturated rings. The molecule has 0 atom stereocenters. The molecular formula is C24H20. The highest BCUT2D eigenvalue weighted by atomic mass is 14.1. The van der Waals surface area contributed by atoms with Crippen LogP contribution in [0.5, 0.6) is 0 Å². The lowest BCUT2D eigenvalue weighted by atomic mass is 9.98. The molecule has 3 aliphatic rings. The van der Waals surface area contributed by atoms with Crippen molar-refractivity contribution in [3.8, 4) is 0 Å². The Morgan fingerprint density at radius 1 is 0.250 bits per heavy atom. The van der Waals surface area contributed by atoms with Crippen LogP contribution in [-0.2, 0) is 0 Å². The summed E-state index contributed by atoms with van der Waals surface area (Å²) in [4.78, 5) is 0. The molecule has 0 unspecified atom stereocenters. The van der Waals surface area contributed by atoms with Crippen molar-refractivity contribution >= 4 is 0 Å². The first-order valence-electron chi connectivity index (χ1n) is 8.14. The minimum absolute atomic E-state index is 1.20. The SMILES string of the molecule is C1=C\C=C/C(/C2=C\C=C/C(/C3=C\C=C/C=C\C=C3)=C\C=C2)=C\C=C1. The summed E-state index contributed by atoms with van der Waals surface area (Å²) in [5.74, 6) is 0. The van der Waals surface area contributed by atoms with E-state index in [9.17, 15) is 0 Å². The minimum atomic E-state index is 1.20. The number of allylic oxidation sites excluding steroid dienone is 24. The summed E-state index contributed by atoms with van der Waals surface area (Å²) < 4.78 is 0. The van der Waals surface area contributed by atoms with E-state index in [1.165, 1.54) is 22.3 Å². The third-order valence-electron chi connectivity index (χ3n) is 3.76. The molecule has 0 nitrogen and oxygen atoms in total. The first-order chi connectivity index (χ1) is 11.9. The molecule has 0 aromatic rings. The van der Waals surface area contributed by atoms with Crippen LogP contribution in [0.4, 0.5) is 0 Å². The zero-order valence-electron chi connectivity index (χ0n) is 13.5. The molecule has 0 heterocycles. The fourth-order valence-corrected chi connectivity index (χ4v) is 2.52. The van der Waals surface area contributed by atoms with Crippen molar-refractivity contribution in [2.45, 2.75) is 0 Å². The van der Waals surface area contributed by atoms with Crippen LogP contribution in [0.2, 0.25) is 0 Å². The normalized spacial score (nSPS) is 33.3. The van der Waals surface area contributed by atoms with Gasteiger partial charge in [0.05, 0.1) is 0 Å². The van der Waals surface area contributed by atoms with Crippen LogP contribution in [0, 0.1) is 0 Å². The van der Waals surface area contributed by atoms with Crippen LogP contribution in [0.15, 0.2) is 144 Å². The van der Waals surface area contributed by atoms with Crippen LogP contribution in [-0.4, -0.2) is 0 Å². The quantitative estimate of drug-likeness (QED) is 0.571. The van der Waals surface area contributed by atoms with Crippen molar-refractivity contribution in [2.24, 2.45) is 0 Å². The van der Waals surface area contributed by atoms with Gasteiger partial charge in [-0.1, -0.05) is 122 Å². The van der Waals surface area contributed by atoms with E-state index in [1.807, 2.05) is 36.5 Å². The molecule has 0 spiro atoms. The summed E-state index contributed by atoms with van der Waals surface area (Å²) in [7, 11) is 0. The van der Waals surface area contributed by atoms with Crippen molar-refractivity contribution in [3.05, 3.63) is 144 Å². The fraction of sp³-hybridized carbons (Fsp3) is 0. The Balaban J connectivity index is 1.83. The van der Waals surface area contributed by atoms with Gasteiger partial charge >= 0.3 is 0 Å². The van der Waals surface area contributed by atoms with E-state index in [4.69, 9.17) is 0 Å². The van der Waals surface area contributed by atoms with Crippen LogP contribution in [0.3, 0.4) is 0 Å². The van der Waals surface area contributed by atoms with Crippen molar-refractivity contribution in [3.63, 3.8) is 0 Å². The zero-order valence-corrected chi connectivity index (χ0v) is 13.5. The molecule has 0 aromatic carbocycles. The average molecular weight is 308 g/mol. The average Bonchev–Trinajstić information content (AvgIpc) is 2.48. The van der Waals surface area contributed by atoms with E-state index in [0.717, 1.165) is 0 Å². The Bertz CT molecular complexity index is 760. The molecule has 116 valence electrons. The third kappa shape index (κ3) is 4.44. The van der Waals surface area contributed by atoms with Crippen LogP contribution >= 0.6 is 0 Å². The molecule has 3 aliphatic carbocycles. The van der Waals surface area contributed by atoms with Crippen LogP contribution in [0.1, 0.15) is 0 Å². The van der Waals surface area contributed by atoms with Gasteiger partial charge in [-0.3, -0.25) is 0 Å². The smallest absolute Gasteiger partial charge is 0.0184 e. The summed E-state index contributed by atoms with van der Waals surface area (Å²) in [6.07, 6.45) is 41.9. The Labute approximate surface area is 144 Å². The van der Waals surface area contributed by atoms with E-state index in [0.29, 0.717) is 0 Å². The van der Waals surface area contributed by atoms with Gasteiger partial charge in [-0.15, -0.1) is 0 Å². The van der Waals surface area contributed by atoms with Crippen LogP contribution < -0.4 is 0 Å². The second-order valence-corrected chi connectivity index (χ2v) is 5.46. The molecule has 0 saturated heterocycles. The van der Waals surface area contributed by atoms with E-state index in [2.05, 4.69) is 85.1 Å². The highest BCUT2D eigenvalue weighted by Crippen LogP contribution is 2.21. The lowest BCUT2D eigenvalue weighted by Gasteiger charge is -2.07. The molecule has 0 N–H and O–H groups in total. The fourth-order valence-electron chi connectivity index (χ4n) is 2.52. The highest BCUT2D eigenvalue weighted by Gasteiger charge is 2.01. The molecule has 3 rings (SSSR count). The molecule has 24 heavy (non-hydrogen) atoms. The van der Waals surface area contributed by atoms with E-state index >= 15 is 0 Å². The molecule has 0 bridgehead atoms. The van der Waals surface area contributed by atoms with E-state index < -0.39 is 0 Å². The summed E-state index contributed by atoms with van der Waals surface area (Å²) >= 11 is 0. The van der Waals surface area contributed by atoms with Crippen molar-refractivity contribution in [1.82, 2.24) is 0 Å². The van der Waals surface area contributed by atoms with Crippen molar-refractivity contribution in [1.29, 1.82) is 0 Å². The Morgan fingerprint density at radius 2 is 0.542 bits per heavy atom. The monoisotopic (exact) mass is 308 g/mol. The number of hydrogen-bond acceptors (Lipinski definition) is 0. The van der Waals surface area contributed by atoms with Gasteiger partial charge in [-0.05, 0) is 22.3 Å². The van der Waals surface area contributed by atoms with Crippen LogP contribution in [0.25, 0.3) is 0 Å². The van der Waals surface area contributed by atoms with Gasteiger partial charge in [0.15, 0.2) is 0 Å². The summed E-state index contributed by atoms with van der Waals surface area (Å²) in [5.41, 5.74) is 4.79. The first kappa shape index (κ1) is 15.8. The lowest BCUT2D eigenvalue weighted by molar-refractivity contribution is 1.48. The van der Waals surface area contributed by atoms with Crippen molar-refractivity contribution in [2.75, 3.05) is 0 Å². The molecule has 0 amide bonds. The second kappa shape index (κ2) is 8.50. The maximum atomic E-state index is 2.15. The molecule has 0 radical (unpaired) electrons. The van der Waals surface area contributed by atoms with Gasteiger partial charge in [0, 0.05) is 0 Å². The highest BCUT2D eigenvalue weighted by molar-refractivity contribution is 5.56. The molecule has 0 aromatic heterocycles. The lowest BCUT2D eigenvalue weighted by Crippen LogP contribution is -1.88. The summed E-state index contributed by atoms with van der Waals surface area (Å²) in [6, 6.07) is 0. The minimum Gasteiger partial charge on any atom is -0.0623 e. The summed E-state index contributed by atoms with van der Waals surface area (Å²) in [6.45, 7) is 0. The van der Waals surface area contributed by atoms with Crippen molar-refractivity contribution < 1.29 is 0 Å². The maximum Gasteiger partial charge on any atom is -0.0184 e. The molecule has 0 aliphatic heterocycles. The molecule has 0 heteroatoms. The maximum absolute atomic E-state index is 2.15. The second-order valence-electron chi connectivity index (χ2n) is 5.46. The largest absolute Gasteiger partial charge is 0.0623 e. The van der Waals surface area contributed by atoms with E-state index in [-0.39, 0.29) is 0 Å².